The molecule has 0 aliphatic carbocycles. The zero-order chi connectivity index (χ0) is 13.0. The van der Waals surface area contributed by atoms with Crippen LogP contribution in [0.4, 0.5) is 11.4 Å². The molecule has 0 aromatic heterocycles. The molecule has 0 bridgehead atoms. The fourth-order valence-electron chi connectivity index (χ4n) is 1.53. The van der Waals surface area contributed by atoms with Crippen LogP contribution in [0.5, 0.6) is 0 Å². The first kappa shape index (κ1) is 12.9. The van der Waals surface area contributed by atoms with Gasteiger partial charge in [-0.05, 0) is 42.5 Å². The first-order valence-electron chi connectivity index (χ1n) is 5.52. The number of para-hydroxylation sites is 1. The second-order valence-electron chi connectivity index (χ2n) is 3.84. The van der Waals surface area contributed by atoms with Gasteiger partial charge in [0.2, 0.25) is 0 Å². The third kappa shape index (κ3) is 3.22. The minimum atomic E-state index is 0.628. The molecule has 2 aromatic carbocycles. The molecule has 2 nitrogen and oxygen atoms in total. The fraction of sp³-hybridized carbons (Fsp3) is 0.0714. The highest BCUT2D eigenvalue weighted by Crippen LogP contribution is 2.19. The van der Waals surface area contributed by atoms with Gasteiger partial charge in [-0.3, -0.25) is 0 Å². The van der Waals surface area contributed by atoms with E-state index in [1.807, 2.05) is 66.5 Å². The lowest BCUT2D eigenvalue weighted by atomic mass is 10.3. The number of benzene rings is 2. The van der Waals surface area contributed by atoms with Crippen molar-refractivity contribution < 1.29 is 0 Å². The minimum Gasteiger partial charge on any atom is -0.332 e. The van der Waals surface area contributed by atoms with Gasteiger partial charge >= 0.3 is 0 Å². The van der Waals surface area contributed by atoms with Crippen LogP contribution in [0.2, 0.25) is 5.02 Å². The zero-order valence-corrected chi connectivity index (χ0v) is 11.5. The highest BCUT2D eigenvalue weighted by atomic mass is 35.5. The maximum Gasteiger partial charge on any atom is 0.177 e. The van der Waals surface area contributed by atoms with Crippen molar-refractivity contribution in [2.75, 3.05) is 17.3 Å². The van der Waals surface area contributed by atoms with Crippen LogP contribution in [0.1, 0.15) is 0 Å². The summed E-state index contributed by atoms with van der Waals surface area (Å²) < 4.78 is 0. The second kappa shape index (κ2) is 5.85. The van der Waals surface area contributed by atoms with E-state index in [2.05, 4.69) is 5.32 Å². The van der Waals surface area contributed by atoms with Crippen LogP contribution in [-0.4, -0.2) is 12.2 Å². The number of hydrogen-bond donors (Lipinski definition) is 1. The Morgan fingerprint density at radius 1 is 1.11 bits per heavy atom. The summed E-state index contributed by atoms with van der Waals surface area (Å²) in [6, 6.07) is 17.4. The summed E-state index contributed by atoms with van der Waals surface area (Å²) in [7, 11) is 1.91. The minimum absolute atomic E-state index is 0.628. The molecule has 2 rings (SSSR count). The number of nitrogens with one attached hydrogen (secondary N) is 1. The molecule has 0 atom stereocenters. The molecule has 0 radical (unpaired) electrons. The van der Waals surface area contributed by atoms with E-state index in [0.717, 1.165) is 11.4 Å². The molecule has 0 fully saturated rings. The summed E-state index contributed by atoms with van der Waals surface area (Å²) in [5.41, 5.74) is 1.92. The number of rotatable bonds is 2. The molecule has 0 aliphatic rings. The second-order valence-corrected chi connectivity index (χ2v) is 4.66. The largest absolute Gasteiger partial charge is 0.332 e. The van der Waals surface area contributed by atoms with E-state index in [-0.39, 0.29) is 0 Å². The Hall–Kier alpha value is -1.58. The molecule has 0 unspecified atom stereocenters. The Morgan fingerprint density at radius 2 is 1.83 bits per heavy atom. The van der Waals surface area contributed by atoms with E-state index in [0.29, 0.717) is 10.1 Å². The summed E-state index contributed by atoms with van der Waals surface area (Å²) in [6.07, 6.45) is 0. The average molecular weight is 277 g/mol. The average Bonchev–Trinajstić information content (AvgIpc) is 2.39. The number of nitrogens with zero attached hydrogens (tertiary/aromatic N) is 1. The molecular weight excluding hydrogens is 264 g/mol. The molecule has 2 aromatic rings. The molecule has 18 heavy (non-hydrogen) atoms. The Morgan fingerprint density at radius 3 is 2.50 bits per heavy atom. The normalized spacial score (nSPS) is 9.89. The van der Waals surface area contributed by atoms with Crippen molar-refractivity contribution in [2.24, 2.45) is 0 Å². The van der Waals surface area contributed by atoms with Crippen LogP contribution in [0.25, 0.3) is 0 Å². The Balaban J connectivity index is 2.10. The molecule has 0 spiro atoms. The monoisotopic (exact) mass is 276 g/mol. The van der Waals surface area contributed by atoms with Gasteiger partial charge in [-0.2, -0.15) is 0 Å². The molecule has 92 valence electrons. The van der Waals surface area contributed by atoms with Crippen molar-refractivity contribution in [1.29, 1.82) is 0 Å². The molecule has 0 saturated heterocycles. The van der Waals surface area contributed by atoms with Crippen LogP contribution in [-0.2, 0) is 0 Å². The van der Waals surface area contributed by atoms with Crippen LogP contribution in [0, 0.1) is 0 Å². The van der Waals surface area contributed by atoms with Crippen LogP contribution >= 0.6 is 23.8 Å². The summed E-state index contributed by atoms with van der Waals surface area (Å²) in [4.78, 5) is 1.88. The smallest absolute Gasteiger partial charge is 0.177 e. The van der Waals surface area contributed by atoms with E-state index in [4.69, 9.17) is 23.8 Å². The third-order valence-electron chi connectivity index (χ3n) is 2.53. The lowest BCUT2D eigenvalue weighted by Crippen LogP contribution is -2.30. The first-order chi connectivity index (χ1) is 8.66. The van der Waals surface area contributed by atoms with Gasteiger partial charge in [-0.1, -0.05) is 35.9 Å². The molecule has 4 heteroatoms. The van der Waals surface area contributed by atoms with Gasteiger partial charge < -0.3 is 10.2 Å². The SMILES string of the molecule is CN(C(=S)Nc1ccccc1)c1cccc(Cl)c1. The Bertz CT molecular complexity index is 543. The topological polar surface area (TPSA) is 15.3 Å². The van der Waals surface area contributed by atoms with Gasteiger partial charge in [0.05, 0.1) is 0 Å². The van der Waals surface area contributed by atoms with Crippen LogP contribution in [0.3, 0.4) is 0 Å². The van der Waals surface area contributed by atoms with Gasteiger partial charge in [0.25, 0.3) is 0 Å². The summed E-state index contributed by atoms with van der Waals surface area (Å²) in [6.45, 7) is 0. The first-order valence-corrected chi connectivity index (χ1v) is 6.31. The quantitative estimate of drug-likeness (QED) is 0.829. The van der Waals surface area contributed by atoms with E-state index >= 15 is 0 Å². The van der Waals surface area contributed by atoms with E-state index in [9.17, 15) is 0 Å². The molecule has 0 heterocycles. The van der Waals surface area contributed by atoms with E-state index < -0.39 is 0 Å². The van der Waals surface area contributed by atoms with Crippen molar-refractivity contribution in [3.8, 4) is 0 Å². The predicted molar refractivity (Wildman–Crippen MR) is 82.5 cm³/mol. The van der Waals surface area contributed by atoms with Crippen molar-refractivity contribution >= 4 is 40.3 Å². The van der Waals surface area contributed by atoms with E-state index in [1.165, 1.54) is 0 Å². The van der Waals surface area contributed by atoms with E-state index in [1.54, 1.807) is 0 Å². The Labute approximate surface area is 117 Å². The third-order valence-corrected chi connectivity index (χ3v) is 3.14. The number of halogens is 1. The predicted octanol–water partition coefficient (Wildman–Crippen LogP) is 4.17. The summed E-state index contributed by atoms with van der Waals surface area (Å²) in [5, 5.41) is 4.50. The van der Waals surface area contributed by atoms with Crippen molar-refractivity contribution in [3.05, 3.63) is 59.6 Å². The van der Waals surface area contributed by atoms with Gasteiger partial charge in [0, 0.05) is 23.4 Å². The molecule has 1 N–H and O–H groups in total. The van der Waals surface area contributed by atoms with Gasteiger partial charge in [0.1, 0.15) is 0 Å². The molecular formula is C14H13ClN2S. The highest BCUT2D eigenvalue weighted by Gasteiger charge is 2.07. The highest BCUT2D eigenvalue weighted by molar-refractivity contribution is 7.80. The number of anilines is 2. The van der Waals surface area contributed by atoms with Crippen molar-refractivity contribution in [2.45, 2.75) is 0 Å². The van der Waals surface area contributed by atoms with Gasteiger partial charge in [-0.25, -0.2) is 0 Å². The van der Waals surface area contributed by atoms with Crippen molar-refractivity contribution in [3.63, 3.8) is 0 Å². The van der Waals surface area contributed by atoms with Gasteiger partial charge in [0.15, 0.2) is 5.11 Å². The number of hydrogen-bond acceptors (Lipinski definition) is 1. The molecule has 0 saturated carbocycles. The Kier molecular flexibility index (Phi) is 4.18. The summed E-state index contributed by atoms with van der Waals surface area (Å²) in [5.74, 6) is 0. The standard InChI is InChI=1S/C14H13ClN2S/c1-17(13-9-5-6-11(15)10-13)14(18)16-12-7-3-2-4-8-12/h2-10H,1H3,(H,16,18). The summed E-state index contributed by atoms with van der Waals surface area (Å²) >= 11 is 11.3. The maximum absolute atomic E-state index is 5.96. The lowest BCUT2D eigenvalue weighted by molar-refractivity contribution is 1.28. The van der Waals surface area contributed by atoms with Crippen molar-refractivity contribution in [1.82, 2.24) is 0 Å². The molecule has 0 aliphatic heterocycles. The lowest BCUT2D eigenvalue weighted by Gasteiger charge is -2.21. The zero-order valence-electron chi connectivity index (χ0n) is 9.93. The number of thiocarbonyl (C=S) groups is 1. The van der Waals surface area contributed by atoms with Crippen LogP contribution < -0.4 is 10.2 Å². The van der Waals surface area contributed by atoms with Crippen LogP contribution in [0.15, 0.2) is 54.6 Å². The fourth-order valence-corrected chi connectivity index (χ4v) is 1.94. The maximum atomic E-state index is 5.96. The molecule has 0 amide bonds. The van der Waals surface area contributed by atoms with Gasteiger partial charge in [-0.15, -0.1) is 0 Å².